The molecule has 0 atom stereocenters. The van der Waals surface area contributed by atoms with Gasteiger partial charge in [-0.25, -0.2) is 0 Å². The molecule has 0 aliphatic heterocycles. The first-order chi connectivity index (χ1) is 11.4. The molecule has 0 aliphatic rings. The molecule has 0 saturated heterocycles. The first-order valence-corrected chi connectivity index (χ1v) is 9.18. The number of para-hydroxylation sites is 1. The van der Waals surface area contributed by atoms with Gasteiger partial charge in [0.15, 0.2) is 4.90 Å². The fourth-order valence-corrected chi connectivity index (χ4v) is 3.71. The van der Waals surface area contributed by atoms with Crippen molar-refractivity contribution in [1.82, 2.24) is 0 Å². The van der Waals surface area contributed by atoms with Gasteiger partial charge in [-0.15, -0.1) is 6.58 Å². The van der Waals surface area contributed by atoms with Crippen molar-refractivity contribution < 1.29 is 22.1 Å². The zero-order valence-corrected chi connectivity index (χ0v) is 15.7. The SMILES string of the molecule is C=CCc1ccccc1OS(=O)(=O)c1cc(OC)c(Br)cc1OC. The van der Waals surface area contributed by atoms with Crippen molar-refractivity contribution in [2.75, 3.05) is 14.2 Å². The van der Waals surface area contributed by atoms with Gasteiger partial charge in [-0.05, 0) is 40.0 Å². The van der Waals surface area contributed by atoms with Gasteiger partial charge in [-0.1, -0.05) is 24.3 Å². The van der Waals surface area contributed by atoms with Crippen LogP contribution in [0.5, 0.6) is 17.2 Å². The van der Waals surface area contributed by atoms with Crippen LogP contribution >= 0.6 is 15.9 Å². The van der Waals surface area contributed by atoms with Gasteiger partial charge in [-0.3, -0.25) is 0 Å². The Labute approximate surface area is 150 Å². The summed E-state index contributed by atoms with van der Waals surface area (Å²) in [5.74, 6) is 0.766. The lowest BCUT2D eigenvalue weighted by Gasteiger charge is -2.14. The van der Waals surface area contributed by atoms with Gasteiger partial charge >= 0.3 is 10.1 Å². The Kier molecular flexibility index (Phi) is 5.90. The predicted octanol–water partition coefficient (Wildman–Crippen LogP) is 3.96. The lowest BCUT2D eigenvalue weighted by Crippen LogP contribution is -2.12. The summed E-state index contributed by atoms with van der Waals surface area (Å²) < 4.78 is 41.7. The average Bonchev–Trinajstić information content (AvgIpc) is 2.56. The zero-order valence-electron chi connectivity index (χ0n) is 13.3. The average molecular weight is 413 g/mol. The van der Waals surface area contributed by atoms with Gasteiger partial charge in [0, 0.05) is 6.07 Å². The van der Waals surface area contributed by atoms with E-state index in [2.05, 4.69) is 22.5 Å². The zero-order chi connectivity index (χ0) is 17.7. The van der Waals surface area contributed by atoms with E-state index in [0.717, 1.165) is 5.56 Å². The Morgan fingerprint density at radius 3 is 2.38 bits per heavy atom. The minimum absolute atomic E-state index is 0.113. The van der Waals surface area contributed by atoms with Gasteiger partial charge in [0.25, 0.3) is 0 Å². The minimum atomic E-state index is -4.11. The Bertz CT molecular complexity index is 846. The van der Waals surface area contributed by atoms with Crippen LogP contribution in [-0.4, -0.2) is 22.6 Å². The molecule has 0 unspecified atom stereocenters. The summed E-state index contributed by atoms with van der Waals surface area (Å²) in [5, 5.41) is 0. The van der Waals surface area contributed by atoms with E-state index >= 15 is 0 Å². The molecule has 2 rings (SSSR count). The molecule has 2 aromatic carbocycles. The second kappa shape index (κ2) is 7.72. The second-order valence-corrected chi connectivity index (χ2v) is 7.14. The largest absolute Gasteiger partial charge is 0.496 e. The fourth-order valence-electron chi connectivity index (χ4n) is 2.10. The maximum absolute atomic E-state index is 12.7. The van der Waals surface area contributed by atoms with Gasteiger partial charge in [0.2, 0.25) is 0 Å². The quantitative estimate of drug-likeness (QED) is 0.508. The van der Waals surface area contributed by atoms with Crippen LogP contribution in [0.1, 0.15) is 5.56 Å². The van der Waals surface area contributed by atoms with Crippen molar-refractivity contribution in [3.05, 3.63) is 59.1 Å². The standard InChI is InChI=1S/C17H17BrO5S/c1-4-7-12-8-5-6-9-14(12)23-24(19,20)17-11-15(21-2)13(18)10-16(17)22-3/h4-6,8-11H,1,7H2,2-3H3. The van der Waals surface area contributed by atoms with Crippen molar-refractivity contribution in [2.45, 2.75) is 11.3 Å². The number of rotatable bonds is 7. The van der Waals surface area contributed by atoms with E-state index in [0.29, 0.717) is 16.6 Å². The van der Waals surface area contributed by atoms with Crippen LogP contribution in [0.25, 0.3) is 0 Å². The van der Waals surface area contributed by atoms with E-state index in [1.54, 1.807) is 24.3 Å². The van der Waals surface area contributed by atoms with E-state index in [4.69, 9.17) is 13.7 Å². The highest BCUT2D eigenvalue weighted by molar-refractivity contribution is 9.10. The molecule has 0 bridgehead atoms. The molecule has 0 amide bonds. The summed E-state index contributed by atoms with van der Waals surface area (Å²) in [6.45, 7) is 3.66. The topological polar surface area (TPSA) is 61.8 Å². The normalized spacial score (nSPS) is 11.0. The number of ether oxygens (including phenoxy) is 2. The molecule has 7 heteroatoms. The van der Waals surface area contributed by atoms with Crippen LogP contribution in [0.4, 0.5) is 0 Å². The number of benzene rings is 2. The molecule has 0 heterocycles. The molecule has 0 saturated carbocycles. The van der Waals surface area contributed by atoms with Crippen molar-refractivity contribution >= 4 is 26.0 Å². The molecule has 128 valence electrons. The van der Waals surface area contributed by atoms with Crippen LogP contribution in [-0.2, 0) is 16.5 Å². The molecule has 0 fully saturated rings. The van der Waals surface area contributed by atoms with Gasteiger partial charge in [0.05, 0.1) is 18.7 Å². The monoisotopic (exact) mass is 412 g/mol. The summed E-state index contributed by atoms with van der Waals surface area (Å²) in [4.78, 5) is -0.113. The Morgan fingerprint density at radius 2 is 1.75 bits per heavy atom. The number of allylic oxidation sites excluding steroid dienone is 1. The first-order valence-electron chi connectivity index (χ1n) is 6.97. The molecular weight excluding hydrogens is 396 g/mol. The van der Waals surface area contributed by atoms with Gasteiger partial charge in [-0.2, -0.15) is 8.42 Å². The molecule has 2 aromatic rings. The number of halogens is 1. The van der Waals surface area contributed by atoms with Crippen molar-refractivity contribution in [2.24, 2.45) is 0 Å². The van der Waals surface area contributed by atoms with Crippen LogP contribution < -0.4 is 13.7 Å². The molecule has 0 N–H and O–H groups in total. The molecule has 5 nitrogen and oxygen atoms in total. The third-order valence-electron chi connectivity index (χ3n) is 3.24. The summed E-state index contributed by atoms with van der Waals surface area (Å²) in [6, 6.07) is 9.77. The Hall–Kier alpha value is -1.99. The molecule has 0 aliphatic carbocycles. The fraction of sp³-hybridized carbons (Fsp3) is 0.176. The Balaban J connectivity index is 2.50. The van der Waals surface area contributed by atoms with Gasteiger partial charge < -0.3 is 13.7 Å². The highest BCUT2D eigenvalue weighted by Crippen LogP contribution is 2.36. The van der Waals surface area contributed by atoms with E-state index in [1.807, 2.05) is 6.07 Å². The van der Waals surface area contributed by atoms with Crippen LogP contribution in [0, 0.1) is 0 Å². The van der Waals surface area contributed by atoms with Crippen molar-refractivity contribution in [3.63, 3.8) is 0 Å². The lowest BCUT2D eigenvalue weighted by atomic mass is 10.1. The predicted molar refractivity (Wildman–Crippen MR) is 95.4 cm³/mol. The summed E-state index contributed by atoms with van der Waals surface area (Å²) >= 11 is 3.30. The first kappa shape index (κ1) is 18.4. The van der Waals surface area contributed by atoms with E-state index in [1.165, 1.54) is 26.4 Å². The van der Waals surface area contributed by atoms with Gasteiger partial charge in [0.1, 0.15) is 17.2 Å². The molecular formula is C17H17BrO5S. The number of methoxy groups -OCH3 is 2. The highest BCUT2D eigenvalue weighted by Gasteiger charge is 2.25. The maximum atomic E-state index is 12.7. The molecule has 0 aromatic heterocycles. The summed E-state index contributed by atoms with van der Waals surface area (Å²) in [6.07, 6.45) is 2.17. The molecule has 0 spiro atoms. The lowest BCUT2D eigenvalue weighted by molar-refractivity contribution is 0.386. The van der Waals surface area contributed by atoms with Crippen LogP contribution in [0.2, 0.25) is 0 Å². The molecule has 24 heavy (non-hydrogen) atoms. The van der Waals surface area contributed by atoms with Crippen LogP contribution in [0.3, 0.4) is 0 Å². The molecule has 0 radical (unpaired) electrons. The van der Waals surface area contributed by atoms with Crippen molar-refractivity contribution in [3.8, 4) is 17.2 Å². The Morgan fingerprint density at radius 1 is 1.08 bits per heavy atom. The highest BCUT2D eigenvalue weighted by atomic mass is 79.9. The summed E-state index contributed by atoms with van der Waals surface area (Å²) in [7, 11) is -1.27. The van der Waals surface area contributed by atoms with E-state index in [-0.39, 0.29) is 16.4 Å². The second-order valence-electron chi connectivity index (χ2n) is 4.78. The summed E-state index contributed by atoms with van der Waals surface area (Å²) in [5.41, 5.74) is 0.721. The minimum Gasteiger partial charge on any atom is -0.496 e. The third-order valence-corrected chi connectivity index (χ3v) is 5.12. The third kappa shape index (κ3) is 3.91. The maximum Gasteiger partial charge on any atom is 0.343 e. The number of hydrogen-bond donors (Lipinski definition) is 0. The van der Waals surface area contributed by atoms with Crippen molar-refractivity contribution in [1.29, 1.82) is 0 Å². The van der Waals surface area contributed by atoms with E-state index in [9.17, 15) is 8.42 Å². The van der Waals surface area contributed by atoms with Crippen LogP contribution in [0.15, 0.2) is 58.4 Å². The number of hydrogen-bond acceptors (Lipinski definition) is 5. The smallest absolute Gasteiger partial charge is 0.343 e. The van der Waals surface area contributed by atoms with E-state index < -0.39 is 10.1 Å².